The van der Waals surface area contributed by atoms with Gasteiger partial charge in [0.25, 0.3) is 15.0 Å². The molecule has 2 rings (SSSR count). The third-order valence-corrected chi connectivity index (χ3v) is 5.55. The van der Waals surface area contributed by atoms with Crippen molar-refractivity contribution in [3.8, 4) is 0 Å². The molecular weight excluding hydrogens is 310 g/mol. The molecule has 0 unspecified atom stereocenters. The van der Waals surface area contributed by atoms with Crippen LogP contribution in [0.3, 0.4) is 0 Å². The van der Waals surface area contributed by atoms with E-state index >= 15 is 0 Å². The number of nitrogens with zero attached hydrogens (tertiary/aromatic N) is 1. The average Bonchev–Trinajstić information content (AvgIpc) is 2.37. The molecule has 0 N–H and O–H groups in total. The number of hydrogen-bond acceptors (Lipinski definition) is 3. The van der Waals surface area contributed by atoms with E-state index in [9.17, 15) is 13.2 Å². The molecule has 116 valence electrons. The van der Waals surface area contributed by atoms with E-state index in [2.05, 4.69) is 6.92 Å². The van der Waals surface area contributed by atoms with Gasteiger partial charge in [0.1, 0.15) is 0 Å². The van der Waals surface area contributed by atoms with Crippen molar-refractivity contribution >= 4 is 25.6 Å². The standard InChI is InChI=1S/C15H20ClNO3S/c1-10-4-6-17(7-5-10)15(18)13-9-14(21(16,19)20)12(3)8-11(13)2/h8-10H,4-7H2,1-3H3. The van der Waals surface area contributed by atoms with E-state index in [0.717, 1.165) is 31.5 Å². The fourth-order valence-corrected chi connectivity index (χ4v) is 3.91. The number of carbonyl (C=O) groups is 1. The Kier molecular flexibility index (Phi) is 4.63. The molecule has 0 bridgehead atoms. The number of piperidine rings is 1. The highest BCUT2D eigenvalue weighted by Crippen LogP contribution is 2.26. The molecule has 0 aliphatic carbocycles. The van der Waals surface area contributed by atoms with Crippen LogP contribution < -0.4 is 0 Å². The lowest BCUT2D eigenvalue weighted by Gasteiger charge is -2.30. The molecule has 1 aromatic carbocycles. The molecule has 0 aromatic heterocycles. The first kappa shape index (κ1) is 16.3. The van der Waals surface area contributed by atoms with Crippen molar-refractivity contribution in [2.45, 2.75) is 38.5 Å². The van der Waals surface area contributed by atoms with E-state index in [1.165, 1.54) is 6.07 Å². The second kappa shape index (κ2) is 5.97. The van der Waals surface area contributed by atoms with Gasteiger partial charge in [0, 0.05) is 29.3 Å². The van der Waals surface area contributed by atoms with Gasteiger partial charge in [-0.25, -0.2) is 8.42 Å². The Morgan fingerprint density at radius 3 is 2.29 bits per heavy atom. The summed E-state index contributed by atoms with van der Waals surface area (Å²) in [6, 6.07) is 3.11. The molecule has 1 amide bonds. The summed E-state index contributed by atoms with van der Waals surface area (Å²) in [4.78, 5) is 14.4. The highest BCUT2D eigenvalue weighted by Gasteiger charge is 2.25. The van der Waals surface area contributed by atoms with Crippen LogP contribution in [0.15, 0.2) is 17.0 Å². The predicted molar refractivity (Wildman–Crippen MR) is 83.3 cm³/mol. The molecule has 1 aliphatic rings. The average molecular weight is 330 g/mol. The van der Waals surface area contributed by atoms with Gasteiger partial charge < -0.3 is 4.90 Å². The maximum Gasteiger partial charge on any atom is 0.261 e. The summed E-state index contributed by atoms with van der Waals surface area (Å²) in [5.74, 6) is 0.521. The molecule has 1 saturated heterocycles. The van der Waals surface area contributed by atoms with Crippen LogP contribution in [-0.4, -0.2) is 32.3 Å². The third-order valence-electron chi connectivity index (χ3n) is 4.09. The van der Waals surface area contributed by atoms with Crippen LogP contribution in [0.5, 0.6) is 0 Å². The van der Waals surface area contributed by atoms with Crippen molar-refractivity contribution in [1.82, 2.24) is 4.90 Å². The van der Waals surface area contributed by atoms with Gasteiger partial charge in [-0.15, -0.1) is 0 Å². The first-order chi connectivity index (χ1) is 9.70. The minimum atomic E-state index is -3.84. The molecule has 0 atom stereocenters. The molecule has 1 fully saturated rings. The highest BCUT2D eigenvalue weighted by atomic mass is 35.7. The van der Waals surface area contributed by atoms with Crippen LogP contribution in [0, 0.1) is 19.8 Å². The summed E-state index contributed by atoms with van der Waals surface area (Å²) in [5, 5.41) is 0. The predicted octanol–water partition coefficient (Wildman–Crippen LogP) is 3.10. The van der Waals surface area contributed by atoms with Crippen molar-refractivity contribution < 1.29 is 13.2 Å². The van der Waals surface area contributed by atoms with E-state index in [1.807, 2.05) is 6.92 Å². The molecule has 0 spiro atoms. The topological polar surface area (TPSA) is 54.5 Å². The lowest BCUT2D eigenvalue weighted by Crippen LogP contribution is -2.38. The maximum absolute atomic E-state index is 12.6. The molecule has 1 heterocycles. The summed E-state index contributed by atoms with van der Waals surface area (Å²) < 4.78 is 23.2. The lowest BCUT2D eigenvalue weighted by molar-refractivity contribution is 0.0696. The van der Waals surface area contributed by atoms with Gasteiger partial charge in [-0.3, -0.25) is 4.79 Å². The Morgan fingerprint density at radius 1 is 1.19 bits per heavy atom. The minimum absolute atomic E-state index is 0.0171. The van der Waals surface area contributed by atoms with E-state index in [1.54, 1.807) is 17.9 Å². The largest absolute Gasteiger partial charge is 0.339 e. The quantitative estimate of drug-likeness (QED) is 0.783. The summed E-state index contributed by atoms with van der Waals surface area (Å²) in [6.07, 6.45) is 1.97. The van der Waals surface area contributed by atoms with E-state index in [4.69, 9.17) is 10.7 Å². The molecule has 6 heteroatoms. The smallest absolute Gasteiger partial charge is 0.261 e. The van der Waals surface area contributed by atoms with Crippen molar-refractivity contribution in [3.05, 3.63) is 28.8 Å². The normalized spacial score (nSPS) is 17.0. The zero-order valence-electron chi connectivity index (χ0n) is 12.5. The number of rotatable bonds is 2. The number of aryl methyl sites for hydroxylation is 2. The number of carbonyl (C=O) groups excluding carboxylic acids is 1. The number of likely N-dealkylation sites (tertiary alicyclic amines) is 1. The monoisotopic (exact) mass is 329 g/mol. The lowest BCUT2D eigenvalue weighted by atomic mass is 9.97. The summed E-state index contributed by atoms with van der Waals surface area (Å²) >= 11 is 0. The van der Waals surface area contributed by atoms with Crippen molar-refractivity contribution in [2.75, 3.05) is 13.1 Å². The van der Waals surface area contributed by atoms with E-state index < -0.39 is 9.05 Å². The van der Waals surface area contributed by atoms with Crippen LogP contribution in [-0.2, 0) is 9.05 Å². The van der Waals surface area contributed by atoms with Crippen molar-refractivity contribution in [1.29, 1.82) is 0 Å². The van der Waals surface area contributed by atoms with Gasteiger partial charge in [-0.05, 0) is 49.8 Å². The molecular formula is C15H20ClNO3S. The van der Waals surface area contributed by atoms with Gasteiger partial charge in [-0.2, -0.15) is 0 Å². The Hall–Kier alpha value is -1.07. The Labute approximate surface area is 130 Å². The zero-order chi connectivity index (χ0) is 15.8. The van der Waals surface area contributed by atoms with Gasteiger partial charge >= 0.3 is 0 Å². The molecule has 0 saturated carbocycles. The van der Waals surface area contributed by atoms with Crippen molar-refractivity contribution in [2.24, 2.45) is 5.92 Å². The van der Waals surface area contributed by atoms with Crippen LogP contribution in [0.4, 0.5) is 0 Å². The number of amides is 1. The molecule has 21 heavy (non-hydrogen) atoms. The van der Waals surface area contributed by atoms with Gasteiger partial charge in [-0.1, -0.05) is 13.0 Å². The fourth-order valence-electron chi connectivity index (χ4n) is 2.71. The molecule has 4 nitrogen and oxygen atoms in total. The van der Waals surface area contributed by atoms with Crippen LogP contribution in [0.25, 0.3) is 0 Å². The SMILES string of the molecule is Cc1cc(C)c(S(=O)(=O)Cl)cc1C(=O)N1CCC(C)CC1. The minimum Gasteiger partial charge on any atom is -0.339 e. The number of benzene rings is 1. The molecule has 1 aliphatic heterocycles. The fraction of sp³-hybridized carbons (Fsp3) is 0.533. The molecule has 0 radical (unpaired) electrons. The van der Waals surface area contributed by atoms with Gasteiger partial charge in [0.15, 0.2) is 0 Å². The second-order valence-corrected chi connectivity index (χ2v) is 8.38. The second-order valence-electron chi connectivity index (χ2n) is 5.85. The number of halogens is 1. The first-order valence-corrected chi connectivity index (χ1v) is 9.36. The highest BCUT2D eigenvalue weighted by molar-refractivity contribution is 8.13. The summed E-state index contributed by atoms with van der Waals surface area (Å²) in [5.41, 5.74) is 1.76. The van der Waals surface area contributed by atoms with Gasteiger partial charge in [0.2, 0.25) is 0 Å². The van der Waals surface area contributed by atoms with Crippen LogP contribution >= 0.6 is 10.7 Å². The maximum atomic E-state index is 12.6. The van der Waals surface area contributed by atoms with Crippen LogP contribution in [0.1, 0.15) is 41.3 Å². The Balaban J connectivity index is 2.37. The zero-order valence-corrected chi connectivity index (χ0v) is 14.1. The van der Waals surface area contributed by atoms with Crippen LogP contribution in [0.2, 0.25) is 0 Å². The summed E-state index contributed by atoms with van der Waals surface area (Å²) in [6.45, 7) is 7.11. The van der Waals surface area contributed by atoms with E-state index in [-0.39, 0.29) is 10.8 Å². The number of hydrogen-bond donors (Lipinski definition) is 0. The van der Waals surface area contributed by atoms with Gasteiger partial charge in [0.05, 0.1) is 4.90 Å². The summed E-state index contributed by atoms with van der Waals surface area (Å²) in [7, 11) is 1.60. The van der Waals surface area contributed by atoms with Crippen molar-refractivity contribution in [3.63, 3.8) is 0 Å². The third kappa shape index (κ3) is 3.58. The molecule has 1 aromatic rings. The van der Waals surface area contributed by atoms with E-state index in [0.29, 0.717) is 17.0 Å². The first-order valence-electron chi connectivity index (χ1n) is 7.05. The Bertz CT molecular complexity index is 662. The Morgan fingerprint density at radius 2 is 1.76 bits per heavy atom.